The van der Waals surface area contributed by atoms with Crippen LogP contribution in [-0.2, 0) is 16.0 Å². The SMILES string of the molecule is CCOC(=O)c1cc(CC)sc1NC(=O)C1(C)CCCS1. The fraction of sp³-hybridized carbons (Fsp3) is 0.600. The number of aryl methyl sites for hydroxylation is 1. The van der Waals surface area contributed by atoms with Crippen LogP contribution >= 0.6 is 23.1 Å². The molecule has 1 aliphatic rings. The second-order valence-corrected chi connectivity index (χ2v) is 7.90. The highest BCUT2D eigenvalue weighted by atomic mass is 32.2. The van der Waals surface area contributed by atoms with Gasteiger partial charge in [-0.3, -0.25) is 4.79 Å². The lowest BCUT2D eigenvalue weighted by Crippen LogP contribution is -2.34. The molecule has 1 aromatic heterocycles. The van der Waals surface area contributed by atoms with Crippen molar-refractivity contribution in [2.24, 2.45) is 0 Å². The van der Waals surface area contributed by atoms with Crippen molar-refractivity contribution < 1.29 is 14.3 Å². The smallest absolute Gasteiger partial charge is 0.341 e. The maximum atomic E-state index is 12.5. The molecule has 6 heteroatoms. The Morgan fingerprint density at radius 2 is 2.19 bits per heavy atom. The molecular weight excluding hydrogens is 306 g/mol. The number of thiophene rings is 1. The Balaban J connectivity index is 2.20. The van der Waals surface area contributed by atoms with Gasteiger partial charge in [0.1, 0.15) is 5.00 Å². The van der Waals surface area contributed by atoms with Crippen LogP contribution in [0.1, 0.15) is 48.8 Å². The number of ether oxygens (including phenoxy) is 1. The average molecular weight is 327 g/mol. The quantitative estimate of drug-likeness (QED) is 0.838. The van der Waals surface area contributed by atoms with Crippen molar-refractivity contribution in [1.82, 2.24) is 0 Å². The van der Waals surface area contributed by atoms with Crippen molar-refractivity contribution in [1.29, 1.82) is 0 Å². The van der Waals surface area contributed by atoms with Gasteiger partial charge in [-0.05, 0) is 44.9 Å². The van der Waals surface area contributed by atoms with Crippen LogP contribution in [0.3, 0.4) is 0 Å². The number of amides is 1. The van der Waals surface area contributed by atoms with E-state index in [1.54, 1.807) is 18.7 Å². The fourth-order valence-corrected chi connectivity index (χ4v) is 4.45. The van der Waals surface area contributed by atoms with E-state index < -0.39 is 0 Å². The van der Waals surface area contributed by atoms with Crippen LogP contribution in [0, 0.1) is 0 Å². The van der Waals surface area contributed by atoms with Crippen LogP contribution in [0.5, 0.6) is 0 Å². The molecule has 0 aliphatic carbocycles. The molecule has 116 valence electrons. The Bertz CT molecular complexity index is 533. The molecule has 1 aliphatic heterocycles. The van der Waals surface area contributed by atoms with Gasteiger partial charge in [0, 0.05) is 4.88 Å². The normalized spacial score (nSPS) is 21.3. The predicted molar refractivity (Wildman–Crippen MR) is 88.4 cm³/mol. The summed E-state index contributed by atoms with van der Waals surface area (Å²) in [7, 11) is 0. The summed E-state index contributed by atoms with van der Waals surface area (Å²) in [5.74, 6) is 0.632. The number of hydrogen-bond acceptors (Lipinski definition) is 5. The first-order valence-corrected chi connectivity index (χ1v) is 9.05. The van der Waals surface area contributed by atoms with Gasteiger partial charge in [-0.15, -0.1) is 23.1 Å². The van der Waals surface area contributed by atoms with Crippen molar-refractivity contribution in [2.45, 2.75) is 44.8 Å². The van der Waals surface area contributed by atoms with Gasteiger partial charge in [-0.25, -0.2) is 4.79 Å². The standard InChI is InChI=1S/C15H21NO3S2/c1-4-10-9-11(13(17)19-5-2)12(21-10)16-14(18)15(3)7-6-8-20-15/h9H,4-8H2,1-3H3,(H,16,18). The molecular formula is C15H21NO3S2. The molecule has 1 unspecified atom stereocenters. The van der Waals surface area contributed by atoms with E-state index in [9.17, 15) is 9.59 Å². The van der Waals surface area contributed by atoms with Gasteiger partial charge >= 0.3 is 5.97 Å². The number of carbonyl (C=O) groups is 2. The number of carbonyl (C=O) groups excluding carboxylic acids is 2. The Labute approximate surface area is 133 Å². The first kappa shape index (κ1) is 16.4. The molecule has 1 saturated heterocycles. The first-order valence-electron chi connectivity index (χ1n) is 7.25. The summed E-state index contributed by atoms with van der Waals surface area (Å²) in [5, 5.41) is 3.56. The summed E-state index contributed by atoms with van der Waals surface area (Å²) in [5.41, 5.74) is 0.471. The largest absolute Gasteiger partial charge is 0.462 e. The molecule has 2 heterocycles. The second kappa shape index (κ2) is 6.83. The van der Waals surface area contributed by atoms with E-state index in [4.69, 9.17) is 4.74 Å². The molecule has 21 heavy (non-hydrogen) atoms. The summed E-state index contributed by atoms with van der Waals surface area (Å²) < 4.78 is 4.68. The van der Waals surface area contributed by atoms with Gasteiger partial charge in [-0.2, -0.15) is 0 Å². The molecule has 2 rings (SSSR count). The zero-order valence-corrected chi connectivity index (χ0v) is 14.3. The number of esters is 1. The first-order chi connectivity index (χ1) is 10.00. The van der Waals surface area contributed by atoms with Crippen molar-refractivity contribution in [2.75, 3.05) is 17.7 Å². The average Bonchev–Trinajstić information content (AvgIpc) is 3.06. The minimum Gasteiger partial charge on any atom is -0.462 e. The van der Waals surface area contributed by atoms with Crippen LogP contribution in [-0.4, -0.2) is 29.0 Å². The van der Waals surface area contributed by atoms with Crippen LogP contribution in [0.2, 0.25) is 0 Å². The number of thioether (sulfide) groups is 1. The van der Waals surface area contributed by atoms with Crippen LogP contribution in [0.25, 0.3) is 0 Å². The van der Waals surface area contributed by atoms with Gasteiger partial charge in [-0.1, -0.05) is 6.92 Å². The Kier molecular flexibility index (Phi) is 5.32. The van der Waals surface area contributed by atoms with Gasteiger partial charge in [0.15, 0.2) is 0 Å². The predicted octanol–water partition coefficient (Wildman–Crippen LogP) is 3.71. The molecule has 0 saturated carbocycles. The summed E-state index contributed by atoms with van der Waals surface area (Å²) in [6, 6.07) is 1.82. The molecule has 0 radical (unpaired) electrons. The number of nitrogens with one attached hydrogen (secondary N) is 1. The summed E-state index contributed by atoms with van der Waals surface area (Å²) >= 11 is 3.14. The minimum absolute atomic E-state index is 0.0138. The van der Waals surface area contributed by atoms with E-state index in [0.717, 1.165) is 29.9 Å². The van der Waals surface area contributed by atoms with Gasteiger partial charge in [0.05, 0.1) is 16.9 Å². The molecule has 1 N–H and O–H groups in total. The maximum Gasteiger partial charge on any atom is 0.341 e. The zero-order valence-electron chi connectivity index (χ0n) is 12.7. The lowest BCUT2D eigenvalue weighted by Gasteiger charge is -2.21. The molecule has 1 atom stereocenters. The van der Waals surface area contributed by atoms with Crippen molar-refractivity contribution >= 4 is 40.0 Å². The van der Waals surface area contributed by atoms with Gasteiger partial charge < -0.3 is 10.1 Å². The van der Waals surface area contributed by atoms with Crippen LogP contribution in [0.15, 0.2) is 6.07 Å². The molecule has 0 aromatic carbocycles. The number of rotatable bonds is 5. The Morgan fingerprint density at radius 3 is 2.76 bits per heavy atom. The summed E-state index contributed by atoms with van der Waals surface area (Å²) in [6.45, 7) is 6.11. The Hall–Kier alpha value is -1.01. The van der Waals surface area contributed by atoms with E-state index in [-0.39, 0.29) is 16.6 Å². The van der Waals surface area contributed by atoms with Crippen molar-refractivity contribution in [3.8, 4) is 0 Å². The fourth-order valence-electron chi connectivity index (χ4n) is 2.26. The van der Waals surface area contributed by atoms with Gasteiger partial charge in [0.2, 0.25) is 5.91 Å². The highest BCUT2D eigenvalue weighted by Gasteiger charge is 2.38. The van der Waals surface area contributed by atoms with E-state index in [2.05, 4.69) is 5.32 Å². The third-order valence-corrected chi connectivity index (χ3v) is 6.27. The molecule has 4 nitrogen and oxygen atoms in total. The molecule has 0 spiro atoms. The van der Waals surface area contributed by atoms with Gasteiger partial charge in [0.25, 0.3) is 0 Å². The molecule has 1 fully saturated rings. The summed E-state index contributed by atoms with van der Waals surface area (Å²) in [4.78, 5) is 25.6. The molecule has 1 amide bonds. The van der Waals surface area contributed by atoms with E-state index in [1.807, 2.05) is 19.9 Å². The van der Waals surface area contributed by atoms with E-state index in [0.29, 0.717) is 17.2 Å². The number of anilines is 1. The van der Waals surface area contributed by atoms with Crippen molar-refractivity contribution in [3.05, 3.63) is 16.5 Å². The maximum absolute atomic E-state index is 12.5. The van der Waals surface area contributed by atoms with E-state index in [1.165, 1.54) is 11.3 Å². The minimum atomic E-state index is -0.387. The monoisotopic (exact) mass is 327 g/mol. The Morgan fingerprint density at radius 1 is 1.43 bits per heavy atom. The molecule has 0 bridgehead atoms. The second-order valence-electron chi connectivity index (χ2n) is 5.17. The summed E-state index contributed by atoms with van der Waals surface area (Å²) in [6.07, 6.45) is 2.77. The topological polar surface area (TPSA) is 55.4 Å². The lowest BCUT2D eigenvalue weighted by molar-refractivity contribution is -0.118. The highest BCUT2D eigenvalue weighted by molar-refractivity contribution is 8.01. The third kappa shape index (κ3) is 3.61. The van der Waals surface area contributed by atoms with Crippen LogP contribution < -0.4 is 5.32 Å². The van der Waals surface area contributed by atoms with Crippen LogP contribution in [0.4, 0.5) is 5.00 Å². The van der Waals surface area contributed by atoms with E-state index >= 15 is 0 Å². The third-order valence-electron chi connectivity index (χ3n) is 3.55. The zero-order chi connectivity index (χ0) is 15.5. The molecule has 1 aromatic rings. The van der Waals surface area contributed by atoms with Crippen molar-refractivity contribution in [3.63, 3.8) is 0 Å². The lowest BCUT2D eigenvalue weighted by atomic mass is 10.1. The number of hydrogen-bond donors (Lipinski definition) is 1. The highest BCUT2D eigenvalue weighted by Crippen LogP contribution is 2.39.